The fourth-order valence-corrected chi connectivity index (χ4v) is 2.60. The first kappa shape index (κ1) is 12.4. The van der Waals surface area contributed by atoms with Crippen molar-refractivity contribution in [1.82, 2.24) is 10.4 Å². The smallest absolute Gasteiger partial charge is 0.332 e. The average Bonchev–Trinajstić information content (AvgIpc) is 3.03. The molecule has 0 aliphatic heterocycles. The summed E-state index contributed by atoms with van der Waals surface area (Å²) in [6.45, 7) is 0. The van der Waals surface area contributed by atoms with E-state index in [0.29, 0.717) is 11.5 Å². The van der Waals surface area contributed by atoms with Gasteiger partial charge in [-0.1, -0.05) is 12.1 Å². The number of furan rings is 1. The van der Waals surface area contributed by atoms with E-state index in [9.17, 15) is 4.79 Å². The molecule has 0 fully saturated rings. The van der Waals surface area contributed by atoms with E-state index in [1.807, 2.05) is 30.3 Å². The molecule has 0 spiro atoms. The molecule has 3 aromatic rings. The normalized spacial score (nSPS) is 11.2. The van der Waals surface area contributed by atoms with Gasteiger partial charge in [0.2, 0.25) is 0 Å². The van der Waals surface area contributed by atoms with Gasteiger partial charge in [0.25, 0.3) is 0 Å². The lowest BCUT2D eigenvalue weighted by Crippen LogP contribution is -2.24. The predicted octanol–water partition coefficient (Wildman–Crippen LogP) is 2.56. The number of hydrogen-bond acceptors (Lipinski definition) is 5. The van der Waals surface area contributed by atoms with Gasteiger partial charge in [0.15, 0.2) is 10.8 Å². The minimum Gasteiger partial charge on any atom is -0.453 e. The van der Waals surface area contributed by atoms with Gasteiger partial charge < -0.3 is 10.2 Å². The van der Waals surface area contributed by atoms with Crippen LogP contribution in [0.1, 0.15) is 5.76 Å². The molecule has 0 bridgehead atoms. The number of para-hydroxylation sites is 1. The summed E-state index contributed by atoms with van der Waals surface area (Å²) in [5.41, 5.74) is 7.93. The van der Waals surface area contributed by atoms with Gasteiger partial charge in [0, 0.05) is 0 Å². The van der Waals surface area contributed by atoms with Gasteiger partial charge in [0.1, 0.15) is 5.76 Å². The van der Waals surface area contributed by atoms with Crippen molar-refractivity contribution in [3.8, 4) is 10.8 Å². The van der Waals surface area contributed by atoms with Crippen molar-refractivity contribution in [3.63, 3.8) is 0 Å². The zero-order valence-electron chi connectivity index (χ0n) is 10.2. The van der Waals surface area contributed by atoms with Crippen LogP contribution in [0.3, 0.4) is 0 Å². The van der Waals surface area contributed by atoms with Crippen LogP contribution in [-0.2, 0) is 0 Å². The highest BCUT2D eigenvalue weighted by molar-refractivity contribution is 7.21. The molecule has 2 heterocycles. The van der Waals surface area contributed by atoms with Crippen molar-refractivity contribution in [1.29, 1.82) is 0 Å². The maximum Gasteiger partial charge on any atom is 0.332 e. The summed E-state index contributed by atoms with van der Waals surface area (Å²) >= 11 is 1.55. The molecule has 2 amide bonds. The first-order chi connectivity index (χ1) is 9.72. The van der Waals surface area contributed by atoms with Crippen molar-refractivity contribution >= 4 is 33.8 Å². The number of benzene rings is 1. The standard InChI is InChI=1S/C13H10N4O2S/c14-13(18)17-15-7-8-5-6-10(19-8)12-16-9-3-1-2-4-11(9)20-12/h1-7H,(H3,14,17,18). The molecule has 100 valence electrons. The first-order valence-corrected chi connectivity index (χ1v) is 6.58. The minimum absolute atomic E-state index is 0.507. The number of carbonyl (C=O) groups excluding carboxylic acids is 1. The van der Waals surface area contributed by atoms with Crippen LogP contribution in [-0.4, -0.2) is 17.2 Å². The minimum atomic E-state index is -0.723. The highest BCUT2D eigenvalue weighted by Crippen LogP contribution is 2.30. The molecule has 3 rings (SSSR count). The Balaban J connectivity index is 1.85. The molecule has 1 aromatic carbocycles. The number of thiazole rings is 1. The number of fused-ring (bicyclic) bond motifs is 1. The van der Waals surface area contributed by atoms with E-state index in [1.165, 1.54) is 6.21 Å². The van der Waals surface area contributed by atoms with Crippen LogP contribution in [0.25, 0.3) is 21.0 Å². The Kier molecular flexibility index (Phi) is 3.18. The molecule has 20 heavy (non-hydrogen) atoms. The largest absolute Gasteiger partial charge is 0.453 e. The molecule has 0 saturated heterocycles. The van der Waals surface area contributed by atoms with Crippen LogP contribution in [0.15, 0.2) is 45.9 Å². The van der Waals surface area contributed by atoms with Gasteiger partial charge in [0.05, 0.1) is 16.4 Å². The van der Waals surface area contributed by atoms with E-state index < -0.39 is 6.03 Å². The second-order valence-corrected chi connectivity index (χ2v) is 4.95. The van der Waals surface area contributed by atoms with Gasteiger partial charge in [-0.15, -0.1) is 11.3 Å². The predicted molar refractivity (Wildman–Crippen MR) is 77.6 cm³/mol. The number of aromatic nitrogens is 1. The number of urea groups is 1. The summed E-state index contributed by atoms with van der Waals surface area (Å²) in [7, 11) is 0. The lowest BCUT2D eigenvalue weighted by molar-refractivity contribution is 0.249. The zero-order chi connectivity index (χ0) is 13.9. The second-order valence-electron chi connectivity index (χ2n) is 3.92. The van der Waals surface area contributed by atoms with Crippen LogP contribution in [0.5, 0.6) is 0 Å². The molecule has 6 nitrogen and oxygen atoms in total. The van der Waals surface area contributed by atoms with Gasteiger partial charge >= 0.3 is 6.03 Å². The Morgan fingerprint density at radius 1 is 1.35 bits per heavy atom. The molecule has 0 radical (unpaired) electrons. The number of carbonyl (C=O) groups is 1. The number of nitrogens with two attached hydrogens (primary N) is 1. The summed E-state index contributed by atoms with van der Waals surface area (Å²) in [5, 5.41) is 4.43. The molecule has 0 aliphatic rings. The number of primary amides is 1. The van der Waals surface area contributed by atoms with Gasteiger partial charge in [-0.3, -0.25) is 0 Å². The third kappa shape index (κ3) is 2.52. The molecule has 2 aromatic heterocycles. The number of hydrazone groups is 1. The Bertz CT molecular complexity index is 757. The lowest BCUT2D eigenvalue weighted by Gasteiger charge is -1.90. The van der Waals surface area contributed by atoms with Gasteiger partial charge in [-0.05, 0) is 24.3 Å². The van der Waals surface area contributed by atoms with E-state index >= 15 is 0 Å². The van der Waals surface area contributed by atoms with Crippen LogP contribution in [0, 0.1) is 0 Å². The molecule has 0 atom stereocenters. The Hall–Kier alpha value is -2.67. The Morgan fingerprint density at radius 2 is 2.20 bits per heavy atom. The maximum absolute atomic E-state index is 10.5. The number of amides is 2. The van der Waals surface area contributed by atoms with E-state index in [1.54, 1.807) is 17.4 Å². The van der Waals surface area contributed by atoms with Crippen LogP contribution in [0.2, 0.25) is 0 Å². The van der Waals surface area contributed by atoms with E-state index in [4.69, 9.17) is 10.2 Å². The summed E-state index contributed by atoms with van der Waals surface area (Å²) in [4.78, 5) is 15.0. The zero-order valence-corrected chi connectivity index (χ0v) is 11.1. The topological polar surface area (TPSA) is 93.5 Å². The molecule has 3 N–H and O–H groups in total. The highest BCUT2D eigenvalue weighted by atomic mass is 32.1. The number of nitrogens with zero attached hydrogens (tertiary/aromatic N) is 2. The molecule has 7 heteroatoms. The van der Waals surface area contributed by atoms with Crippen molar-refractivity contribution in [2.24, 2.45) is 10.8 Å². The Morgan fingerprint density at radius 3 is 3.00 bits per heavy atom. The van der Waals surface area contributed by atoms with Crippen molar-refractivity contribution < 1.29 is 9.21 Å². The summed E-state index contributed by atoms with van der Waals surface area (Å²) in [6, 6.07) is 10.7. The molecule has 0 saturated carbocycles. The van der Waals surface area contributed by atoms with Crippen molar-refractivity contribution in [2.75, 3.05) is 0 Å². The SMILES string of the molecule is NC(=O)NN=Cc1ccc(-c2nc3ccccc3s2)o1. The molecular formula is C13H10N4O2S. The monoisotopic (exact) mass is 286 g/mol. The molecule has 0 unspecified atom stereocenters. The first-order valence-electron chi connectivity index (χ1n) is 5.77. The molecule has 0 aliphatic carbocycles. The quantitative estimate of drug-likeness (QED) is 0.572. The number of nitrogens with one attached hydrogen (secondary N) is 1. The van der Waals surface area contributed by atoms with Crippen LogP contribution in [0.4, 0.5) is 4.79 Å². The third-order valence-corrected chi connectivity index (χ3v) is 3.55. The molecular weight excluding hydrogens is 276 g/mol. The Labute approximate surface area is 117 Å². The second kappa shape index (κ2) is 5.14. The van der Waals surface area contributed by atoms with E-state index in [0.717, 1.165) is 15.2 Å². The summed E-state index contributed by atoms with van der Waals surface area (Å²) < 4.78 is 6.69. The number of rotatable bonds is 3. The highest BCUT2D eigenvalue weighted by Gasteiger charge is 2.09. The summed E-state index contributed by atoms with van der Waals surface area (Å²) in [5.74, 6) is 1.17. The van der Waals surface area contributed by atoms with E-state index in [2.05, 4.69) is 15.5 Å². The third-order valence-electron chi connectivity index (χ3n) is 2.50. The fourth-order valence-electron chi connectivity index (χ4n) is 1.67. The maximum atomic E-state index is 10.5. The van der Waals surface area contributed by atoms with Crippen LogP contribution < -0.4 is 11.2 Å². The average molecular weight is 286 g/mol. The summed E-state index contributed by atoms with van der Waals surface area (Å²) in [6.07, 6.45) is 1.38. The van der Waals surface area contributed by atoms with Gasteiger partial charge in [-0.25, -0.2) is 15.2 Å². The number of hydrogen-bond donors (Lipinski definition) is 2. The van der Waals surface area contributed by atoms with Crippen molar-refractivity contribution in [3.05, 3.63) is 42.2 Å². The van der Waals surface area contributed by atoms with Crippen LogP contribution >= 0.6 is 11.3 Å². The fraction of sp³-hybridized carbons (Fsp3) is 0. The van der Waals surface area contributed by atoms with E-state index in [-0.39, 0.29) is 0 Å². The van der Waals surface area contributed by atoms with Gasteiger partial charge in [-0.2, -0.15) is 5.10 Å². The van der Waals surface area contributed by atoms with Crippen molar-refractivity contribution in [2.45, 2.75) is 0 Å². The lowest BCUT2D eigenvalue weighted by atomic mass is 10.3.